The quantitative estimate of drug-likeness (QED) is 0.449. The minimum atomic E-state index is 0.337. The van der Waals surface area contributed by atoms with Crippen molar-refractivity contribution in [1.82, 2.24) is 29.7 Å². The van der Waals surface area contributed by atoms with E-state index in [2.05, 4.69) is 52.0 Å². The number of hydrogen-bond acceptors (Lipinski definition) is 6. The molecular formula is C27H34N6O2. The van der Waals surface area contributed by atoms with Gasteiger partial charge in [-0.1, -0.05) is 19.9 Å². The molecule has 6 rings (SSSR count). The van der Waals surface area contributed by atoms with Crippen molar-refractivity contribution in [2.45, 2.75) is 57.4 Å². The molecule has 35 heavy (non-hydrogen) atoms. The molecule has 0 bridgehead atoms. The highest BCUT2D eigenvalue weighted by Crippen LogP contribution is 2.39. The third-order valence-electron chi connectivity index (χ3n) is 7.85. The van der Waals surface area contributed by atoms with Crippen LogP contribution in [0.5, 0.6) is 5.75 Å². The van der Waals surface area contributed by atoms with Gasteiger partial charge >= 0.3 is 0 Å². The van der Waals surface area contributed by atoms with E-state index in [0.717, 1.165) is 30.1 Å². The van der Waals surface area contributed by atoms with Crippen LogP contribution in [-0.4, -0.2) is 69.2 Å². The molecule has 2 fully saturated rings. The van der Waals surface area contributed by atoms with Gasteiger partial charge in [-0.15, -0.1) is 14.8 Å². The van der Waals surface area contributed by atoms with E-state index in [4.69, 9.17) is 14.6 Å². The summed E-state index contributed by atoms with van der Waals surface area (Å²) in [5.41, 5.74) is 6.34. The van der Waals surface area contributed by atoms with Crippen LogP contribution in [0.1, 0.15) is 62.5 Å². The van der Waals surface area contributed by atoms with Crippen LogP contribution >= 0.6 is 0 Å². The molecule has 5 heterocycles. The monoisotopic (exact) mass is 474 g/mol. The number of benzene rings is 1. The molecule has 0 atom stereocenters. The van der Waals surface area contributed by atoms with Crippen LogP contribution in [0.3, 0.4) is 0 Å². The van der Waals surface area contributed by atoms with Crippen molar-refractivity contribution >= 4 is 16.6 Å². The summed E-state index contributed by atoms with van der Waals surface area (Å²) in [6, 6.07) is 9.64. The molecule has 0 radical (unpaired) electrons. The molecule has 0 amide bonds. The summed E-state index contributed by atoms with van der Waals surface area (Å²) in [5.74, 6) is 1.61. The largest absolute Gasteiger partial charge is 0.493 e. The number of ether oxygens (including phenoxy) is 2. The van der Waals surface area contributed by atoms with E-state index in [1.165, 1.54) is 61.6 Å². The van der Waals surface area contributed by atoms with Gasteiger partial charge in [-0.05, 0) is 73.9 Å². The number of piperidine rings is 1. The minimum Gasteiger partial charge on any atom is -0.493 e. The second-order valence-corrected chi connectivity index (χ2v) is 10.2. The van der Waals surface area contributed by atoms with E-state index in [9.17, 15) is 0 Å². The third kappa shape index (κ3) is 4.08. The molecule has 8 heteroatoms. The molecule has 1 N–H and O–H groups in total. The molecule has 0 aliphatic carbocycles. The molecular weight excluding hydrogens is 440 g/mol. The van der Waals surface area contributed by atoms with Gasteiger partial charge in [0, 0.05) is 36.2 Å². The van der Waals surface area contributed by atoms with Gasteiger partial charge < -0.3 is 19.4 Å². The first kappa shape index (κ1) is 22.5. The van der Waals surface area contributed by atoms with E-state index in [1.54, 1.807) is 11.7 Å². The van der Waals surface area contributed by atoms with Gasteiger partial charge in [-0.2, -0.15) is 0 Å². The lowest BCUT2D eigenvalue weighted by Gasteiger charge is -2.39. The molecule has 0 spiro atoms. The molecule has 0 unspecified atom stereocenters. The maximum Gasteiger partial charge on any atom is 0.218 e. The Morgan fingerprint density at radius 2 is 1.89 bits per heavy atom. The number of rotatable bonds is 5. The fourth-order valence-electron chi connectivity index (χ4n) is 6.00. The van der Waals surface area contributed by atoms with Crippen molar-refractivity contribution in [2.75, 3.05) is 33.4 Å². The average molecular weight is 475 g/mol. The highest BCUT2D eigenvalue weighted by Gasteiger charge is 2.28. The van der Waals surface area contributed by atoms with Gasteiger partial charge in [-0.25, -0.2) is 4.98 Å². The van der Waals surface area contributed by atoms with Crippen LogP contribution in [0.15, 0.2) is 30.6 Å². The van der Waals surface area contributed by atoms with E-state index in [0.29, 0.717) is 29.3 Å². The zero-order chi connectivity index (χ0) is 23.9. The van der Waals surface area contributed by atoms with E-state index in [1.807, 2.05) is 6.07 Å². The molecule has 2 saturated heterocycles. The molecule has 184 valence electrons. The van der Waals surface area contributed by atoms with Crippen molar-refractivity contribution in [3.05, 3.63) is 41.7 Å². The number of aromatic nitrogens is 5. The summed E-state index contributed by atoms with van der Waals surface area (Å²) in [4.78, 5) is 10.6. The maximum absolute atomic E-state index is 5.59. The predicted molar refractivity (Wildman–Crippen MR) is 136 cm³/mol. The Balaban J connectivity index is 1.32. The topological polar surface area (TPSA) is 80.6 Å². The Labute approximate surface area is 205 Å². The van der Waals surface area contributed by atoms with Crippen LogP contribution in [0.2, 0.25) is 0 Å². The van der Waals surface area contributed by atoms with E-state index in [-0.39, 0.29) is 0 Å². The number of nitrogens with one attached hydrogen (secondary N) is 1. The first-order chi connectivity index (χ1) is 17.1. The van der Waals surface area contributed by atoms with Gasteiger partial charge in [-0.3, -0.25) is 0 Å². The number of hydrogen-bond donors (Lipinski definition) is 1. The maximum atomic E-state index is 5.59. The molecule has 3 aromatic heterocycles. The summed E-state index contributed by atoms with van der Waals surface area (Å²) < 4.78 is 12.7. The van der Waals surface area contributed by atoms with Crippen molar-refractivity contribution in [1.29, 1.82) is 0 Å². The lowest BCUT2D eigenvalue weighted by molar-refractivity contribution is 0.0252. The van der Waals surface area contributed by atoms with Crippen LogP contribution in [0.4, 0.5) is 0 Å². The Hall–Kier alpha value is -2.97. The smallest absolute Gasteiger partial charge is 0.218 e. The molecule has 2 aliphatic heterocycles. The first-order valence-electron chi connectivity index (χ1n) is 12.8. The van der Waals surface area contributed by atoms with Crippen molar-refractivity contribution in [3.63, 3.8) is 0 Å². The standard InChI is InChI=1S/C27H34N6O2/c1-17(2)25-21-14-19(18-6-10-32(11-7-18)20-8-12-35-13-9-20)4-5-22(21)30-26(25)23-15-24(34-3)27-28-16-29-33(27)31-23/h4-5,14-18,20,30H,6-13H2,1-3H3. The highest BCUT2D eigenvalue weighted by atomic mass is 16.5. The molecule has 0 saturated carbocycles. The summed E-state index contributed by atoms with van der Waals surface area (Å²) >= 11 is 0. The Morgan fingerprint density at radius 3 is 2.63 bits per heavy atom. The number of H-pyrrole nitrogens is 1. The minimum absolute atomic E-state index is 0.337. The number of fused-ring (bicyclic) bond motifs is 2. The lowest BCUT2D eigenvalue weighted by atomic mass is 9.87. The highest BCUT2D eigenvalue weighted by molar-refractivity contribution is 5.91. The second-order valence-electron chi connectivity index (χ2n) is 10.2. The van der Waals surface area contributed by atoms with Crippen LogP contribution in [0, 0.1) is 0 Å². The van der Waals surface area contributed by atoms with Gasteiger partial charge in [0.2, 0.25) is 5.65 Å². The summed E-state index contributed by atoms with van der Waals surface area (Å²) in [6.45, 7) is 8.70. The molecule has 1 aromatic carbocycles. The Kier molecular flexibility index (Phi) is 5.94. The number of likely N-dealkylation sites (tertiary alicyclic amines) is 1. The summed E-state index contributed by atoms with van der Waals surface area (Å²) in [5, 5.41) is 10.3. The van der Waals surface area contributed by atoms with Gasteiger partial charge in [0.15, 0.2) is 5.75 Å². The normalized spacial score (nSPS) is 18.7. The van der Waals surface area contributed by atoms with Crippen LogP contribution < -0.4 is 4.74 Å². The van der Waals surface area contributed by atoms with Crippen LogP contribution in [0.25, 0.3) is 27.9 Å². The average Bonchev–Trinajstić information content (AvgIpc) is 3.53. The van der Waals surface area contributed by atoms with Crippen molar-refractivity contribution in [2.24, 2.45) is 0 Å². The molecule has 4 aromatic rings. The van der Waals surface area contributed by atoms with Gasteiger partial charge in [0.25, 0.3) is 0 Å². The third-order valence-corrected chi connectivity index (χ3v) is 7.85. The van der Waals surface area contributed by atoms with Gasteiger partial charge in [0.05, 0.1) is 12.8 Å². The summed E-state index contributed by atoms with van der Waals surface area (Å²) in [7, 11) is 1.65. The number of methoxy groups -OCH3 is 1. The SMILES string of the molecule is COc1cc(-c2[nH]c3ccc(C4CCN(C5CCOCC5)CC4)cc3c2C(C)C)nn2ncnc12. The van der Waals surface area contributed by atoms with Crippen molar-refractivity contribution < 1.29 is 9.47 Å². The molecule has 8 nitrogen and oxygen atoms in total. The lowest BCUT2D eigenvalue weighted by Crippen LogP contribution is -2.43. The zero-order valence-electron chi connectivity index (χ0n) is 20.8. The van der Waals surface area contributed by atoms with E-state index >= 15 is 0 Å². The fourth-order valence-corrected chi connectivity index (χ4v) is 6.00. The first-order valence-corrected chi connectivity index (χ1v) is 12.8. The fraction of sp³-hybridized carbons (Fsp3) is 0.519. The Bertz CT molecular complexity index is 1330. The van der Waals surface area contributed by atoms with Gasteiger partial charge in [0.1, 0.15) is 12.0 Å². The summed E-state index contributed by atoms with van der Waals surface area (Å²) in [6.07, 6.45) is 6.31. The van der Waals surface area contributed by atoms with E-state index < -0.39 is 0 Å². The zero-order valence-corrected chi connectivity index (χ0v) is 20.8. The van der Waals surface area contributed by atoms with Crippen LogP contribution in [-0.2, 0) is 4.74 Å². The van der Waals surface area contributed by atoms with Crippen molar-refractivity contribution in [3.8, 4) is 17.1 Å². The number of aromatic amines is 1. The predicted octanol–water partition coefficient (Wildman–Crippen LogP) is 4.76. The Morgan fingerprint density at radius 1 is 1.09 bits per heavy atom. The number of nitrogens with zero attached hydrogens (tertiary/aromatic N) is 5. The molecule has 2 aliphatic rings. The second kappa shape index (κ2) is 9.24.